The van der Waals surface area contributed by atoms with Gasteiger partial charge in [0.1, 0.15) is 5.84 Å². The van der Waals surface area contributed by atoms with Crippen molar-refractivity contribution >= 4 is 5.84 Å². The number of hydrogen-bond acceptors (Lipinski definition) is 2. The Morgan fingerprint density at radius 1 is 1.50 bits per heavy atom. The molecule has 0 aromatic rings. The number of nitrogens with one attached hydrogen (secondary N) is 1. The lowest BCUT2D eigenvalue weighted by Crippen LogP contribution is -2.41. The topological polar surface area (TPSA) is 53.1 Å². The normalized spacial score (nSPS) is 16.1. The summed E-state index contributed by atoms with van der Waals surface area (Å²) in [6.45, 7) is 7.36. The molecule has 3 N–H and O–H groups in total. The van der Waals surface area contributed by atoms with E-state index in [2.05, 4.69) is 18.7 Å². The van der Waals surface area contributed by atoms with E-state index < -0.39 is 0 Å². The highest BCUT2D eigenvalue weighted by atomic mass is 15.1. The Morgan fingerprint density at radius 2 is 2.00 bits per heavy atom. The largest absolute Gasteiger partial charge is 0.386 e. The first-order valence-corrected chi connectivity index (χ1v) is 4.53. The minimum absolute atomic E-state index is 0.0685. The predicted octanol–water partition coefficient (Wildman–Crippen LogP) is 1.29. The lowest BCUT2D eigenvalue weighted by atomic mass is 10.1. The van der Waals surface area contributed by atoms with E-state index in [0.717, 1.165) is 6.54 Å². The molecule has 3 nitrogen and oxygen atoms in total. The van der Waals surface area contributed by atoms with E-state index in [9.17, 15) is 0 Å². The Labute approximate surface area is 75.4 Å². The van der Waals surface area contributed by atoms with Crippen LogP contribution in [0.25, 0.3) is 0 Å². The van der Waals surface area contributed by atoms with Gasteiger partial charge in [-0.25, -0.2) is 0 Å². The number of likely N-dealkylation sites (N-methyl/N-ethyl adjacent to an activating group) is 1. The number of nitrogens with zero attached hydrogens (tertiary/aromatic N) is 1. The van der Waals surface area contributed by atoms with Crippen molar-refractivity contribution < 1.29 is 0 Å². The monoisotopic (exact) mass is 171 g/mol. The average molecular weight is 171 g/mol. The van der Waals surface area contributed by atoms with Gasteiger partial charge in [0.2, 0.25) is 0 Å². The molecule has 0 saturated heterocycles. The van der Waals surface area contributed by atoms with Crippen LogP contribution in [0.1, 0.15) is 27.2 Å². The van der Waals surface area contributed by atoms with Gasteiger partial charge in [0.25, 0.3) is 0 Å². The van der Waals surface area contributed by atoms with E-state index in [4.69, 9.17) is 11.1 Å². The fourth-order valence-corrected chi connectivity index (χ4v) is 1.02. The smallest absolute Gasteiger partial charge is 0.108 e. The highest BCUT2D eigenvalue weighted by Crippen LogP contribution is 2.05. The number of amidine groups is 1. The summed E-state index contributed by atoms with van der Waals surface area (Å²) in [5.41, 5.74) is 5.40. The zero-order valence-electron chi connectivity index (χ0n) is 8.59. The van der Waals surface area contributed by atoms with Gasteiger partial charge < -0.3 is 5.73 Å². The zero-order chi connectivity index (χ0) is 9.72. The minimum atomic E-state index is 0.0685. The molecule has 0 aromatic heterocycles. The van der Waals surface area contributed by atoms with Crippen LogP contribution in [0.3, 0.4) is 0 Å². The molecule has 0 aliphatic carbocycles. The SMILES string of the molecule is CCC(C)CN(C)C(C)C(=N)N. The molecule has 0 saturated carbocycles. The quantitative estimate of drug-likeness (QED) is 0.484. The third kappa shape index (κ3) is 3.72. The molecule has 0 radical (unpaired) electrons. The van der Waals surface area contributed by atoms with Crippen LogP contribution in [0.4, 0.5) is 0 Å². The van der Waals surface area contributed by atoms with Gasteiger partial charge >= 0.3 is 0 Å². The van der Waals surface area contributed by atoms with Crippen LogP contribution in [-0.2, 0) is 0 Å². The van der Waals surface area contributed by atoms with E-state index >= 15 is 0 Å². The molecule has 2 atom stereocenters. The zero-order valence-corrected chi connectivity index (χ0v) is 8.59. The Morgan fingerprint density at radius 3 is 2.33 bits per heavy atom. The Hall–Kier alpha value is -0.570. The molecule has 0 heterocycles. The van der Waals surface area contributed by atoms with Gasteiger partial charge in [-0.3, -0.25) is 10.3 Å². The van der Waals surface area contributed by atoms with Crippen molar-refractivity contribution in [3.8, 4) is 0 Å². The Bertz CT molecular complexity index is 145. The van der Waals surface area contributed by atoms with E-state index in [-0.39, 0.29) is 11.9 Å². The summed E-state index contributed by atoms with van der Waals surface area (Å²) in [5, 5.41) is 7.27. The van der Waals surface area contributed by atoms with Crippen LogP contribution < -0.4 is 5.73 Å². The van der Waals surface area contributed by atoms with E-state index in [1.165, 1.54) is 6.42 Å². The molecule has 0 aromatic carbocycles. The molecule has 0 bridgehead atoms. The Balaban J connectivity index is 3.86. The van der Waals surface area contributed by atoms with Crippen LogP contribution in [-0.4, -0.2) is 30.4 Å². The van der Waals surface area contributed by atoms with Gasteiger partial charge in [-0.05, 0) is 19.9 Å². The molecular weight excluding hydrogens is 150 g/mol. The van der Waals surface area contributed by atoms with Crippen LogP contribution in [0, 0.1) is 11.3 Å². The molecule has 0 rings (SSSR count). The van der Waals surface area contributed by atoms with Gasteiger partial charge in [-0.15, -0.1) is 0 Å². The van der Waals surface area contributed by atoms with Gasteiger partial charge in [-0.2, -0.15) is 0 Å². The second-order valence-electron chi connectivity index (χ2n) is 3.58. The fourth-order valence-electron chi connectivity index (χ4n) is 1.02. The van der Waals surface area contributed by atoms with Crippen LogP contribution in [0.2, 0.25) is 0 Å². The van der Waals surface area contributed by atoms with Crippen molar-refractivity contribution in [1.82, 2.24) is 4.90 Å². The number of rotatable bonds is 5. The van der Waals surface area contributed by atoms with Crippen molar-refractivity contribution in [3.05, 3.63) is 0 Å². The Kier molecular flexibility index (Phi) is 4.90. The van der Waals surface area contributed by atoms with Crippen molar-refractivity contribution in [2.24, 2.45) is 11.7 Å². The molecule has 2 unspecified atom stereocenters. The molecule has 0 spiro atoms. The van der Waals surface area contributed by atoms with Gasteiger partial charge in [0.15, 0.2) is 0 Å². The molecule has 12 heavy (non-hydrogen) atoms. The van der Waals surface area contributed by atoms with Crippen LogP contribution in [0.5, 0.6) is 0 Å². The summed E-state index contributed by atoms with van der Waals surface area (Å²) in [5.74, 6) is 0.928. The third-order valence-electron chi connectivity index (χ3n) is 2.41. The predicted molar refractivity (Wildman–Crippen MR) is 53.5 cm³/mol. The van der Waals surface area contributed by atoms with Crippen LogP contribution in [0.15, 0.2) is 0 Å². The maximum atomic E-state index is 7.27. The highest BCUT2D eigenvalue weighted by Gasteiger charge is 2.13. The summed E-state index contributed by atoms with van der Waals surface area (Å²) >= 11 is 0. The summed E-state index contributed by atoms with van der Waals surface area (Å²) in [6.07, 6.45) is 1.18. The van der Waals surface area contributed by atoms with Crippen molar-refractivity contribution in [2.45, 2.75) is 33.2 Å². The highest BCUT2D eigenvalue weighted by molar-refractivity contribution is 5.82. The van der Waals surface area contributed by atoms with Gasteiger partial charge in [0.05, 0.1) is 6.04 Å². The molecular formula is C9H21N3. The summed E-state index contributed by atoms with van der Waals surface area (Å²) in [4.78, 5) is 2.12. The first-order valence-electron chi connectivity index (χ1n) is 4.53. The van der Waals surface area contributed by atoms with E-state index in [1.807, 2.05) is 14.0 Å². The van der Waals surface area contributed by atoms with Gasteiger partial charge in [0, 0.05) is 6.54 Å². The number of hydrogen-bond donors (Lipinski definition) is 2. The fraction of sp³-hybridized carbons (Fsp3) is 0.889. The maximum absolute atomic E-state index is 7.27. The molecule has 0 amide bonds. The maximum Gasteiger partial charge on any atom is 0.108 e. The second kappa shape index (κ2) is 5.14. The first kappa shape index (κ1) is 11.4. The van der Waals surface area contributed by atoms with Crippen molar-refractivity contribution in [2.75, 3.05) is 13.6 Å². The van der Waals surface area contributed by atoms with Crippen molar-refractivity contribution in [1.29, 1.82) is 5.41 Å². The van der Waals surface area contributed by atoms with Crippen LogP contribution >= 0.6 is 0 Å². The average Bonchev–Trinajstić information content (AvgIpc) is 2.02. The van der Waals surface area contributed by atoms with Gasteiger partial charge in [-0.1, -0.05) is 20.3 Å². The lowest BCUT2D eigenvalue weighted by Gasteiger charge is -2.26. The first-order chi connectivity index (χ1) is 5.49. The molecule has 0 aliphatic rings. The second-order valence-corrected chi connectivity index (χ2v) is 3.58. The molecule has 0 aliphatic heterocycles. The molecule has 3 heteroatoms. The molecule has 0 fully saturated rings. The lowest BCUT2D eigenvalue weighted by molar-refractivity contribution is 0.262. The standard InChI is InChI=1S/C9H21N3/c1-5-7(2)6-12(4)8(3)9(10)11/h7-8H,5-6H2,1-4H3,(H3,10,11). The van der Waals surface area contributed by atoms with E-state index in [0.29, 0.717) is 5.92 Å². The van der Waals surface area contributed by atoms with Crippen molar-refractivity contribution in [3.63, 3.8) is 0 Å². The molecule has 72 valence electrons. The number of nitrogens with two attached hydrogens (primary N) is 1. The summed E-state index contributed by atoms with van der Waals surface area (Å²) in [7, 11) is 2.01. The summed E-state index contributed by atoms with van der Waals surface area (Å²) in [6, 6.07) is 0.0685. The van der Waals surface area contributed by atoms with E-state index in [1.54, 1.807) is 0 Å². The summed E-state index contributed by atoms with van der Waals surface area (Å²) < 4.78 is 0. The third-order valence-corrected chi connectivity index (χ3v) is 2.41. The minimum Gasteiger partial charge on any atom is -0.386 e.